The van der Waals surface area contributed by atoms with Crippen LogP contribution in [-0.2, 0) is 17.6 Å². The molecule has 4 nitrogen and oxygen atoms in total. The van der Waals surface area contributed by atoms with Gasteiger partial charge in [0.2, 0.25) is 5.91 Å². The summed E-state index contributed by atoms with van der Waals surface area (Å²) in [5, 5.41) is 0. The van der Waals surface area contributed by atoms with Crippen molar-refractivity contribution in [1.82, 2.24) is 4.90 Å². The van der Waals surface area contributed by atoms with E-state index < -0.39 is 12.3 Å². The molecule has 2 N–H and O–H groups in total. The number of nitrogens with zero attached hydrogens (tertiary/aromatic N) is 1. The molecule has 1 atom stereocenters. The predicted octanol–water partition coefficient (Wildman–Crippen LogP) is 5.29. The number of primary amides is 1. The van der Waals surface area contributed by atoms with Gasteiger partial charge in [-0.2, -0.15) is 0 Å². The molecule has 1 fully saturated rings. The van der Waals surface area contributed by atoms with E-state index in [1.165, 1.54) is 55.9 Å². The summed E-state index contributed by atoms with van der Waals surface area (Å²) in [7, 11) is 0. The number of ether oxygens (including phenoxy) is 1. The number of likely N-dealkylation sites (tertiary alicyclic amines) is 1. The van der Waals surface area contributed by atoms with Gasteiger partial charge in [0.25, 0.3) is 0 Å². The molecule has 1 saturated heterocycles. The second-order valence-electron chi connectivity index (χ2n) is 7.36. The van der Waals surface area contributed by atoms with Crippen molar-refractivity contribution >= 4 is 28.8 Å². The summed E-state index contributed by atoms with van der Waals surface area (Å²) in [5.41, 5.74) is 5.45. The number of hydrogen-bond donors (Lipinski definition) is 1. The highest BCUT2D eigenvalue weighted by molar-refractivity contribution is 7.16. The first-order valence-corrected chi connectivity index (χ1v) is 10.9. The Hall–Kier alpha value is -1.77. The van der Waals surface area contributed by atoms with Gasteiger partial charge in [-0.15, -0.1) is 24.5 Å². The average Bonchev–Trinajstić information content (AvgIpc) is 3.27. The Morgan fingerprint density at radius 1 is 1.20 bits per heavy atom. The van der Waals surface area contributed by atoms with Crippen LogP contribution in [0.4, 0.5) is 13.2 Å². The van der Waals surface area contributed by atoms with Crippen molar-refractivity contribution in [2.45, 2.75) is 39.0 Å². The molecule has 0 bridgehead atoms. The molecule has 1 aliphatic rings. The summed E-state index contributed by atoms with van der Waals surface area (Å²) in [4.78, 5) is 14.5. The predicted molar refractivity (Wildman–Crippen MR) is 114 cm³/mol. The number of carbonyl (C=O) groups is 1. The minimum Gasteiger partial charge on any atom is -0.406 e. The Bertz CT molecular complexity index is 790. The van der Waals surface area contributed by atoms with Gasteiger partial charge in [0.15, 0.2) is 0 Å². The van der Waals surface area contributed by atoms with Gasteiger partial charge in [0.05, 0.1) is 10.8 Å². The fourth-order valence-electron chi connectivity index (χ4n) is 3.29. The Balaban J connectivity index is 0.000000214. The molecule has 166 valence electrons. The van der Waals surface area contributed by atoms with Gasteiger partial charge in [-0.3, -0.25) is 4.79 Å². The summed E-state index contributed by atoms with van der Waals surface area (Å²) >= 11 is 7.64. The number of carbonyl (C=O) groups excluding carboxylic acids is 1. The van der Waals surface area contributed by atoms with Crippen molar-refractivity contribution in [2.24, 2.45) is 11.7 Å². The third-order valence-corrected chi connectivity index (χ3v) is 5.74. The van der Waals surface area contributed by atoms with E-state index in [2.05, 4.69) is 22.6 Å². The number of hydrogen-bond acceptors (Lipinski definition) is 4. The Kier molecular flexibility index (Phi) is 9.45. The summed E-state index contributed by atoms with van der Waals surface area (Å²) in [6.45, 7) is 6.19. The minimum atomic E-state index is -4.70. The lowest BCUT2D eigenvalue weighted by atomic mass is 10.1. The molecule has 1 unspecified atom stereocenters. The molecule has 0 aliphatic carbocycles. The quantitative estimate of drug-likeness (QED) is 0.608. The molecule has 1 aliphatic heterocycles. The number of halogens is 4. The molecule has 0 spiro atoms. The van der Waals surface area contributed by atoms with Crippen molar-refractivity contribution in [2.75, 3.05) is 19.6 Å². The fourth-order valence-corrected chi connectivity index (χ4v) is 4.54. The SMILES string of the molecule is CC(Cc1ccc(Cl)s1)CN1CCCC1.NC(=O)Cc1ccc(OC(F)(F)F)cc1. The van der Waals surface area contributed by atoms with Crippen LogP contribution in [0.5, 0.6) is 5.75 Å². The first-order valence-electron chi connectivity index (χ1n) is 9.70. The van der Waals surface area contributed by atoms with Crippen LogP contribution in [0.25, 0.3) is 0 Å². The minimum absolute atomic E-state index is 0.00764. The van der Waals surface area contributed by atoms with Crippen LogP contribution >= 0.6 is 22.9 Å². The number of alkyl halides is 3. The van der Waals surface area contributed by atoms with Gasteiger partial charge in [-0.05, 0) is 68.1 Å². The van der Waals surface area contributed by atoms with E-state index in [-0.39, 0.29) is 12.2 Å². The maximum absolute atomic E-state index is 11.8. The summed E-state index contributed by atoms with van der Waals surface area (Å²) < 4.78 is 39.8. The smallest absolute Gasteiger partial charge is 0.406 e. The first kappa shape index (κ1) is 24.5. The maximum atomic E-state index is 11.8. The zero-order valence-corrected chi connectivity index (χ0v) is 18.3. The Morgan fingerprint density at radius 2 is 1.83 bits per heavy atom. The van der Waals surface area contributed by atoms with E-state index in [0.717, 1.165) is 22.4 Å². The topological polar surface area (TPSA) is 55.6 Å². The van der Waals surface area contributed by atoms with Gasteiger partial charge in [0, 0.05) is 11.4 Å². The molecule has 1 aromatic heterocycles. The van der Waals surface area contributed by atoms with Crippen molar-refractivity contribution in [1.29, 1.82) is 0 Å². The van der Waals surface area contributed by atoms with Crippen LogP contribution in [0.1, 0.15) is 30.2 Å². The van der Waals surface area contributed by atoms with E-state index in [0.29, 0.717) is 5.56 Å². The van der Waals surface area contributed by atoms with Gasteiger partial charge in [0.1, 0.15) is 5.75 Å². The standard InChI is InChI=1S/C12H18ClNS.C9H8F3NO2/c1-10(9-14-6-2-3-7-14)8-11-4-5-12(13)15-11;10-9(11,12)15-7-3-1-6(2-4-7)5-8(13)14/h4-5,10H,2-3,6-9H2,1H3;1-4H,5H2,(H2,13,14). The van der Waals surface area contributed by atoms with E-state index in [1.54, 1.807) is 11.3 Å². The molecule has 2 aromatic rings. The zero-order chi connectivity index (χ0) is 22.1. The third kappa shape index (κ3) is 9.82. The van der Waals surface area contributed by atoms with Crippen molar-refractivity contribution in [3.8, 4) is 5.75 Å². The lowest BCUT2D eigenvalue weighted by Crippen LogP contribution is -2.26. The van der Waals surface area contributed by atoms with Gasteiger partial charge < -0.3 is 15.4 Å². The number of rotatable bonds is 7. The lowest BCUT2D eigenvalue weighted by molar-refractivity contribution is -0.274. The van der Waals surface area contributed by atoms with E-state index in [9.17, 15) is 18.0 Å². The normalized spacial score (nSPS) is 15.4. The molecule has 0 saturated carbocycles. The van der Waals surface area contributed by atoms with Crippen LogP contribution in [-0.4, -0.2) is 36.8 Å². The Labute approximate surface area is 183 Å². The largest absolute Gasteiger partial charge is 0.573 e. The first-order chi connectivity index (χ1) is 14.1. The average molecular weight is 463 g/mol. The highest BCUT2D eigenvalue weighted by Crippen LogP contribution is 2.25. The van der Waals surface area contributed by atoms with E-state index in [4.69, 9.17) is 17.3 Å². The third-order valence-electron chi connectivity index (χ3n) is 4.48. The molecule has 3 rings (SSSR count). The molecule has 30 heavy (non-hydrogen) atoms. The number of thiophene rings is 1. The number of benzene rings is 1. The molecule has 2 heterocycles. The summed E-state index contributed by atoms with van der Waals surface area (Å²) in [5.74, 6) is -0.118. The molecule has 0 radical (unpaired) electrons. The van der Waals surface area contributed by atoms with Gasteiger partial charge in [-0.1, -0.05) is 30.7 Å². The summed E-state index contributed by atoms with van der Waals surface area (Å²) in [6, 6.07) is 9.13. The van der Waals surface area contributed by atoms with Crippen LogP contribution < -0.4 is 10.5 Å². The molecule has 1 amide bonds. The molecule has 1 aromatic carbocycles. The fraction of sp³-hybridized carbons (Fsp3) is 0.476. The number of nitrogens with two attached hydrogens (primary N) is 1. The van der Waals surface area contributed by atoms with Crippen LogP contribution in [0, 0.1) is 5.92 Å². The maximum Gasteiger partial charge on any atom is 0.573 e. The van der Waals surface area contributed by atoms with E-state index in [1.807, 2.05) is 6.07 Å². The monoisotopic (exact) mass is 462 g/mol. The van der Waals surface area contributed by atoms with Crippen LogP contribution in [0.2, 0.25) is 4.34 Å². The Morgan fingerprint density at radius 3 is 2.33 bits per heavy atom. The zero-order valence-electron chi connectivity index (χ0n) is 16.8. The molecular weight excluding hydrogens is 437 g/mol. The summed E-state index contributed by atoms with van der Waals surface area (Å²) in [6.07, 6.45) is -0.763. The van der Waals surface area contributed by atoms with Crippen molar-refractivity contribution < 1.29 is 22.7 Å². The molecular formula is C21H26ClF3N2O2S. The highest BCUT2D eigenvalue weighted by atomic mass is 35.5. The van der Waals surface area contributed by atoms with Crippen LogP contribution in [0.3, 0.4) is 0 Å². The van der Waals surface area contributed by atoms with Crippen molar-refractivity contribution in [3.63, 3.8) is 0 Å². The second kappa shape index (κ2) is 11.6. The second-order valence-corrected chi connectivity index (χ2v) is 9.16. The van der Waals surface area contributed by atoms with Crippen molar-refractivity contribution in [3.05, 3.63) is 51.2 Å². The van der Waals surface area contributed by atoms with Gasteiger partial charge in [-0.25, -0.2) is 0 Å². The number of amides is 1. The molecule has 9 heteroatoms. The highest BCUT2D eigenvalue weighted by Gasteiger charge is 2.30. The van der Waals surface area contributed by atoms with Gasteiger partial charge >= 0.3 is 6.36 Å². The lowest BCUT2D eigenvalue weighted by Gasteiger charge is -2.19. The van der Waals surface area contributed by atoms with E-state index >= 15 is 0 Å². The van der Waals surface area contributed by atoms with Crippen LogP contribution in [0.15, 0.2) is 36.4 Å².